The number of aliphatic carboxylic acids is 2. The Morgan fingerprint density at radius 1 is 1.17 bits per heavy atom. The lowest BCUT2D eigenvalue weighted by molar-refractivity contribution is -0.138. The van der Waals surface area contributed by atoms with Crippen LogP contribution in [0.1, 0.15) is 29.0 Å². The fourth-order valence-electron chi connectivity index (χ4n) is 2.94. The molecule has 10 nitrogen and oxygen atoms in total. The molecule has 0 bridgehead atoms. The first-order chi connectivity index (χ1) is 13.8. The molecule has 4 N–H and O–H groups in total. The molecule has 1 aromatic rings. The summed E-state index contributed by atoms with van der Waals surface area (Å²) in [5, 5.41) is 30.3. The first kappa shape index (κ1) is 22.2. The molecule has 0 aliphatic carbocycles. The number of carboxylic acid groups (broad SMARTS) is 3. The van der Waals surface area contributed by atoms with Crippen molar-refractivity contribution in [2.45, 2.75) is 25.4 Å². The highest BCUT2D eigenvalue weighted by atomic mass is 16.4. The molecule has 0 spiro atoms. The number of rotatable bonds is 12. The van der Waals surface area contributed by atoms with Crippen molar-refractivity contribution in [1.82, 2.24) is 15.2 Å². The molecule has 0 amide bonds. The van der Waals surface area contributed by atoms with E-state index >= 15 is 0 Å². The molecule has 156 valence electrons. The van der Waals surface area contributed by atoms with Gasteiger partial charge in [0, 0.05) is 19.6 Å². The van der Waals surface area contributed by atoms with Gasteiger partial charge in [-0.1, -0.05) is 12.1 Å². The molecule has 0 saturated heterocycles. The summed E-state index contributed by atoms with van der Waals surface area (Å²) in [6.45, 7) is 1.69. The van der Waals surface area contributed by atoms with Crippen molar-refractivity contribution in [3.05, 3.63) is 41.7 Å². The zero-order valence-electron chi connectivity index (χ0n) is 15.8. The Morgan fingerprint density at radius 2 is 1.97 bits per heavy atom. The highest BCUT2D eigenvalue weighted by molar-refractivity contribution is 6.40. The number of hydrogen-bond acceptors (Lipinski definition) is 7. The number of carboxylic acids is 3. The van der Waals surface area contributed by atoms with E-state index in [4.69, 9.17) is 15.3 Å². The van der Waals surface area contributed by atoms with Gasteiger partial charge in [0.15, 0.2) is 0 Å². The van der Waals surface area contributed by atoms with E-state index in [0.29, 0.717) is 44.7 Å². The number of nitrogens with one attached hydrogen (secondary N) is 1. The Balaban J connectivity index is 1.79. The van der Waals surface area contributed by atoms with Crippen LogP contribution in [0.2, 0.25) is 0 Å². The molecule has 29 heavy (non-hydrogen) atoms. The first-order valence-electron chi connectivity index (χ1n) is 9.17. The lowest BCUT2D eigenvalue weighted by Gasteiger charge is -2.25. The van der Waals surface area contributed by atoms with Gasteiger partial charge < -0.3 is 20.6 Å². The molecule has 2 rings (SSSR count). The molecule has 0 fully saturated rings. The SMILES string of the molecule is O=C(O)CN(CCCNCc1cccc(C(=O)O)n1)CC1CC=CC(C(=O)O)=N1. The molecular formula is C19H24N4O6. The van der Waals surface area contributed by atoms with Gasteiger partial charge in [0.25, 0.3) is 0 Å². The second kappa shape index (κ2) is 11.0. The second-order valence-electron chi connectivity index (χ2n) is 6.59. The van der Waals surface area contributed by atoms with Crippen molar-refractivity contribution in [3.63, 3.8) is 0 Å². The molecule has 2 heterocycles. The third-order valence-electron chi connectivity index (χ3n) is 4.21. The molecular weight excluding hydrogens is 380 g/mol. The molecule has 0 aromatic carbocycles. The van der Waals surface area contributed by atoms with E-state index in [1.54, 1.807) is 23.1 Å². The number of nitrogens with zero attached hydrogens (tertiary/aromatic N) is 3. The van der Waals surface area contributed by atoms with Gasteiger partial charge in [0.05, 0.1) is 18.3 Å². The summed E-state index contributed by atoms with van der Waals surface area (Å²) in [5.74, 6) is -3.13. The van der Waals surface area contributed by atoms with Crippen molar-refractivity contribution in [2.24, 2.45) is 4.99 Å². The molecule has 0 saturated carbocycles. The molecule has 0 radical (unpaired) electrons. The number of aromatic carboxylic acids is 1. The molecule has 1 atom stereocenters. The maximum absolute atomic E-state index is 11.1. The van der Waals surface area contributed by atoms with Crippen molar-refractivity contribution in [3.8, 4) is 0 Å². The minimum atomic E-state index is -1.10. The van der Waals surface area contributed by atoms with Crippen LogP contribution < -0.4 is 5.32 Å². The summed E-state index contributed by atoms with van der Waals surface area (Å²) in [6.07, 6.45) is 4.41. The van der Waals surface area contributed by atoms with Gasteiger partial charge in [-0.25, -0.2) is 14.6 Å². The number of hydrogen-bond donors (Lipinski definition) is 4. The topological polar surface area (TPSA) is 152 Å². The van der Waals surface area contributed by atoms with Crippen LogP contribution in [-0.4, -0.2) is 81.0 Å². The molecule has 1 aromatic heterocycles. The second-order valence-corrected chi connectivity index (χ2v) is 6.59. The Kier molecular flexibility index (Phi) is 8.44. The molecule has 1 unspecified atom stereocenters. The predicted molar refractivity (Wildman–Crippen MR) is 104 cm³/mol. The summed E-state index contributed by atoms with van der Waals surface area (Å²) in [6, 6.07) is 4.49. The number of aliphatic imine (C=N–C) groups is 1. The zero-order chi connectivity index (χ0) is 21.2. The van der Waals surface area contributed by atoms with Gasteiger partial charge in [0.1, 0.15) is 11.4 Å². The summed E-state index contributed by atoms with van der Waals surface area (Å²) >= 11 is 0. The minimum Gasteiger partial charge on any atom is -0.480 e. The Labute approximate surface area is 167 Å². The quantitative estimate of drug-likeness (QED) is 0.365. The number of aromatic nitrogens is 1. The average Bonchev–Trinajstić information content (AvgIpc) is 2.67. The van der Waals surface area contributed by atoms with Gasteiger partial charge in [-0.15, -0.1) is 0 Å². The standard InChI is InChI=1S/C19H24N4O6/c24-17(25)12-23(11-14-5-2-7-16(22-14)19(28)29)9-3-8-20-10-13-4-1-6-15(21-13)18(26)27/h1-2,4,6-7,14,20H,3,5,8-12H2,(H,24,25)(H,26,27)(H,28,29). The lowest BCUT2D eigenvalue weighted by atomic mass is 10.1. The van der Waals surface area contributed by atoms with E-state index in [1.807, 2.05) is 0 Å². The van der Waals surface area contributed by atoms with E-state index in [2.05, 4.69) is 15.3 Å². The summed E-state index contributed by atoms with van der Waals surface area (Å²) in [4.78, 5) is 43.0. The van der Waals surface area contributed by atoms with Crippen LogP contribution in [0.25, 0.3) is 0 Å². The molecule has 1 aliphatic rings. The average molecular weight is 404 g/mol. The molecule has 10 heteroatoms. The van der Waals surface area contributed by atoms with Crippen molar-refractivity contribution in [1.29, 1.82) is 0 Å². The molecule has 1 aliphatic heterocycles. The lowest BCUT2D eigenvalue weighted by Crippen LogP contribution is -2.38. The van der Waals surface area contributed by atoms with E-state index in [0.717, 1.165) is 0 Å². The highest BCUT2D eigenvalue weighted by Gasteiger charge is 2.19. The fourth-order valence-corrected chi connectivity index (χ4v) is 2.94. The monoisotopic (exact) mass is 404 g/mol. The van der Waals surface area contributed by atoms with Crippen LogP contribution >= 0.6 is 0 Å². The van der Waals surface area contributed by atoms with Crippen LogP contribution in [0.5, 0.6) is 0 Å². The fraction of sp³-hybridized carbons (Fsp3) is 0.421. The first-order valence-corrected chi connectivity index (χ1v) is 9.17. The minimum absolute atomic E-state index is 0.0141. The highest BCUT2D eigenvalue weighted by Crippen LogP contribution is 2.10. The maximum atomic E-state index is 11.1. The predicted octanol–water partition coefficient (Wildman–Crippen LogP) is 0.500. The summed E-state index contributed by atoms with van der Waals surface area (Å²) in [5.41, 5.74) is 0.575. The Morgan fingerprint density at radius 3 is 2.66 bits per heavy atom. The van der Waals surface area contributed by atoms with Crippen LogP contribution in [0.15, 0.2) is 35.3 Å². The van der Waals surface area contributed by atoms with Crippen molar-refractivity contribution < 1.29 is 29.7 Å². The van der Waals surface area contributed by atoms with Crippen molar-refractivity contribution >= 4 is 23.6 Å². The number of carbonyl (C=O) groups is 3. The van der Waals surface area contributed by atoms with Crippen LogP contribution in [-0.2, 0) is 16.1 Å². The van der Waals surface area contributed by atoms with Gasteiger partial charge in [-0.05, 0) is 37.6 Å². The van der Waals surface area contributed by atoms with Gasteiger partial charge in [-0.2, -0.15) is 0 Å². The van der Waals surface area contributed by atoms with Gasteiger partial charge >= 0.3 is 17.9 Å². The van der Waals surface area contributed by atoms with E-state index in [-0.39, 0.29) is 24.0 Å². The normalized spacial score (nSPS) is 15.9. The van der Waals surface area contributed by atoms with E-state index < -0.39 is 17.9 Å². The summed E-state index contributed by atoms with van der Waals surface area (Å²) < 4.78 is 0. The number of dihydropyridines is 1. The Hall–Kier alpha value is -3.11. The summed E-state index contributed by atoms with van der Waals surface area (Å²) in [7, 11) is 0. The van der Waals surface area contributed by atoms with Crippen molar-refractivity contribution in [2.75, 3.05) is 26.2 Å². The third-order valence-corrected chi connectivity index (χ3v) is 4.21. The van der Waals surface area contributed by atoms with Gasteiger partial charge in [0.2, 0.25) is 0 Å². The van der Waals surface area contributed by atoms with Gasteiger partial charge in [-0.3, -0.25) is 14.7 Å². The van der Waals surface area contributed by atoms with Crippen LogP contribution in [0.3, 0.4) is 0 Å². The Bertz CT molecular complexity index is 808. The van der Waals surface area contributed by atoms with Crippen LogP contribution in [0, 0.1) is 0 Å². The zero-order valence-corrected chi connectivity index (χ0v) is 15.8. The van der Waals surface area contributed by atoms with E-state index in [1.165, 1.54) is 12.1 Å². The smallest absolute Gasteiger partial charge is 0.354 e. The largest absolute Gasteiger partial charge is 0.480 e. The van der Waals surface area contributed by atoms with Crippen LogP contribution in [0.4, 0.5) is 0 Å². The maximum Gasteiger partial charge on any atom is 0.354 e. The number of pyridine rings is 1. The third kappa shape index (κ3) is 7.80. The van der Waals surface area contributed by atoms with E-state index in [9.17, 15) is 14.4 Å².